The molecule has 2 aromatic rings. The Balaban J connectivity index is 2.25. The van der Waals surface area contributed by atoms with Crippen LogP contribution in [0.5, 0.6) is 5.88 Å². The predicted octanol–water partition coefficient (Wildman–Crippen LogP) is 2.79. The van der Waals surface area contributed by atoms with Gasteiger partial charge in [-0.15, -0.1) is 0 Å². The van der Waals surface area contributed by atoms with Gasteiger partial charge >= 0.3 is 0 Å². The summed E-state index contributed by atoms with van der Waals surface area (Å²) >= 11 is 0. The fourth-order valence-electron chi connectivity index (χ4n) is 2.50. The minimum atomic E-state index is 0.170. The van der Waals surface area contributed by atoms with Gasteiger partial charge in [-0.05, 0) is 27.2 Å². The smallest absolute Gasteiger partial charge is 0.218 e. The maximum absolute atomic E-state index is 5.41. The van der Waals surface area contributed by atoms with Crippen molar-refractivity contribution < 1.29 is 4.74 Å². The molecule has 1 N–H and O–H groups in total. The Morgan fingerprint density at radius 1 is 1.29 bits per heavy atom. The highest BCUT2D eigenvalue weighted by molar-refractivity contribution is 5.42. The molecule has 6 nitrogen and oxygen atoms in total. The molecule has 0 radical (unpaired) electrons. The van der Waals surface area contributed by atoms with Gasteiger partial charge in [-0.25, -0.2) is 9.97 Å². The van der Waals surface area contributed by atoms with Crippen molar-refractivity contribution in [2.24, 2.45) is 7.05 Å². The predicted molar refractivity (Wildman–Crippen MR) is 82.5 cm³/mol. The van der Waals surface area contributed by atoms with Crippen LogP contribution in [-0.4, -0.2) is 26.4 Å². The Morgan fingerprint density at radius 3 is 2.62 bits per heavy atom. The third kappa shape index (κ3) is 3.32. The Kier molecular flexibility index (Phi) is 4.77. The maximum atomic E-state index is 5.41. The zero-order valence-corrected chi connectivity index (χ0v) is 13.3. The molecule has 2 aromatic heterocycles. The molecule has 0 saturated heterocycles. The van der Waals surface area contributed by atoms with Crippen LogP contribution in [0.15, 0.2) is 12.4 Å². The largest absolute Gasteiger partial charge is 0.478 e. The van der Waals surface area contributed by atoms with Gasteiger partial charge in [-0.2, -0.15) is 5.10 Å². The van der Waals surface area contributed by atoms with Crippen molar-refractivity contribution in [3.63, 3.8) is 0 Å². The first kappa shape index (κ1) is 15.3. The number of hydrogen-bond donors (Lipinski definition) is 1. The lowest BCUT2D eigenvalue weighted by atomic mass is 10.0. The second kappa shape index (κ2) is 6.56. The van der Waals surface area contributed by atoms with Crippen molar-refractivity contribution in [1.82, 2.24) is 19.7 Å². The lowest BCUT2D eigenvalue weighted by Crippen LogP contribution is -2.13. The lowest BCUT2D eigenvalue weighted by molar-refractivity contribution is 0.326. The fourth-order valence-corrected chi connectivity index (χ4v) is 2.50. The average molecular weight is 289 g/mol. The molecule has 0 fully saturated rings. The molecule has 114 valence electrons. The normalized spacial score (nSPS) is 12.2. The summed E-state index contributed by atoms with van der Waals surface area (Å²) in [7, 11) is 1.97. The lowest BCUT2D eigenvalue weighted by Gasteiger charge is -2.18. The van der Waals surface area contributed by atoms with Crippen LogP contribution in [0.4, 0.5) is 5.82 Å². The van der Waals surface area contributed by atoms with Gasteiger partial charge in [0.2, 0.25) is 5.88 Å². The number of aryl methyl sites for hydroxylation is 2. The van der Waals surface area contributed by atoms with E-state index in [1.54, 1.807) is 0 Å². The molecule has 2 rings (SSSR count). The molecule has 0 aromatic carbocycles. The molecule has 0 amide bonds. The maximum Gasteiger partial charge on any atom is 0.218 e. The summed E-state index contributed by atoms with van der Waals surface area (Å²) in [6.07, 6.45) is 2.46. The number of nitrogens with zero attached hydrogens (tertiary/aromatic N) is 4. The molecular weight excluding hydrogens is 266 g/mol. The minimum absolute atomic E-state index is 0.170. The summed E-state index contributed by atoms with van der Waals surface area (Å²) in [4.78, 5) is 8.36. The third-order valence-electron chi connectivity index (χ3n) is 3.58. The summed E-state index contributed by atoms with van der Waals surface area (Å²) in [5, 5.41) is 7.94. The quantitative estimate of drug-likeness (QED) is 0.886. The van der Waals surface area contributed by atoms with Crippen LogP contribution in [0.25, 0.3) is 0 Å². The molecule has 0 aliphatic heterocycles. The highest BCUT2D eigenvalue weighted by Crippen LogP contribution is 2.27. The first-order valence-electron chi connectivity index (χ1n) is 7.28. The molecule has 0 bridgehead atoms. The molecule has 21 heavy (non-hydrogen) atoms. The van der Waals surface area contributed by atoms with E-state index in [0.717, 1.165) is 17.9 Å². The molecular formula is C15H23N5O. The summed E-state index contributed by atoms with van der Waals surface area (Å²) in [5.74, 6) is 1.35. The van der Waals surface area contributed by atoms with Gasteiger partial charge in [0.05, 0.1) is 18.3 Å². The van der Waals surface area contributed by atoms with Gasteiger partial charge in [-0.1, -0.05) is 6.92 Å². The summed E-state index contributed by atoms with van der Waals surface area (Å²) in [6, 6.07) is 2.00. The van der Waals surface area contributed by atoms with E-state index in [9.17, 15) is 0 Å². The van der Waals surface area contributed by atoms with E-state index in [-0.39, 0.29) is 6.04 Å². The number of nitrogens with one attached hydrogen (secondary N) is 1. The van der Waals surface area contributed by atoms with E-state index in [0.29, 0.717) is 12.5 Å². The molecule has 0 aliphatic carbocycles. The molecule has 6 heteroatoms. The van der Waals surface area contributed by atoms with E-state index in [1.165, 1.54) is 17.6 Å². The van der Waals surface area contributed by atoms with Crippen LogP contribution in [0.3, 0.4) is 0 Å². The second-order valence-electron chi connectivity index (χ2n) is 4.99. The van der Waals surface area contributed by atoms with E-state index in [4.69, 9.17) is 4.74 Å². The van der Waals surface area contributed by atoms with Crippen molar-refractivity contribution in [2.75, 3.05) is 11.9 Å². The van der Waals surface area contributed by atoms with Gasteiger partial charge in [0.1, 0.15) is 12.1 Å². The van der Waals surface area contributed by atoms with Crippen LogP contribution >= 0.6 is 0 Å². The number of rotatable bonds is 6. The highest BCUT2D eigenvalue weighted by atomic mass is 16.5. The van der Waals surface area contributed by atoms with E-state index >= 15 is 0 Å². The highest BCUT2D eigenvalue weighted by Gasteiger charge is 2.19. The molecule has 0 saturated carbocycles. The third-order valence-corrected chi connectivity index (χ3v) is 3.58. The Hall–Kier alpha value is -2.11. The summed E-state index contributed by atoms with van der Waals surface area (Å²) in [6.45, 7) is 8.80. The molecule has 1 atom stereocenters. The van der Waals surface area contributed by atoms with E-state index < -0.39 is 0 Å². The minimum Gasteiger partial charge on any atom is -0.478 e. The first-order valence-corrected chi connectivity index (χ1v) is 7.28. The standard InChI is InChI=1S/C15H23N5O/c1-6-12(15-10(3)19-20(5)11(15)4)18-13-8-14(21-7-2)17-9-16-13/h8-9,12H,6-7H2,1-5H3,(H,16,17,18)/t12-/m0/s1. The topological polar surface area (TPSA) is 64.9 Å². The molecule has 0 unspecified atom stereocenters. The summed E-state index contributed by atoms with van der Waals surface area (Å²) < 4.78 is 7.33. The van der Waals surface area contributed by atoms with Crippen LogP contribution in [0, 0.1) is 13.8 Å². The van der Waals surface area contributed by atoms with Gasteiger partial charge in [0, 0.05) is 24.4 Å². The van der Waals surface area contributed by atoms with Crippen LogP contribution < -0.4 is 10.1 Å². The van der Waals surface area contributed by atoms with Crippen LogP contribution in [-0.2, 0) is 7.05 Å². The first-order chi connectivity index (χ1) is 10.1. The Labute approximate surface area is 125 Å². The second-order valence-corrected chi connectivity index (χ2v) is 4.99. The van der Waals surface area contributed by atoms with Crippen molar-refractivity contribution in [1.29, 1.82) is 0 Å². The van der Waals surface area contributed by atoms with Crippen molar-refractivity contribution in [3.8, 4) is 5.88 Å². The molecule has 0 spiro atoms. The average Bonchev–Trinajstić information content (AvgIpc) is 2.71. The van der Waals surface area contributed by atoms with Crippen molar-refractivity contribution in [3.05, 3.63) is 29.3 Å². The SMILES string of the molecule is CCOc1cc(N[C@@H](CC)c2c(C)nn(C)c2C)ncn1. The van der Waals surface area contributed by atoms with Crippen LogP contribution in [0.1, 0.15) is 43.3 Å². The Morgan fingerprint density at radius 2 is 2.05 bits per heavy atom. The van der Waals surface area contributed by atoms with Crippen molar-refractivity contribution in [2.45, 2.75) is 40.2 Å². The van der Waals surface area contributed by atoms with E-state index in [2.05, 4.69) is 34.2 Å². The number of hydrogen-bond acceptors (Lipinski definition) is 5. The van der Waals surface area contributed by atoms with Gasteiger partial charge in [0.15, 0.2) is 0 Å². The fraction of sp³-hybridized carbons (Fsp3) is 0.533. The molecule has 2 heterocycles. The number of aromatic nitrogens is 4. The number of anilines is 1. The zero-order chi connectivity index (χ0) is 15.4. The monoisotopic (exact) mass is 289 g/mol. The van der Waals surface area contributed by atoms with Crippen molar-refractivity contribution >= 4 is 5.82 Å². The Bertz CT molecular complexity index is 608. The number of ether oxygens (including phenoxy) is 1. The van der Waals surface area contributed by atoms with Crippen LogP contribution in [0.2, 0.25) is 0 Å². The molecule has 0 aliphatic rings. The van der Waals surface area contributed by atoms with Gasteiger partial charge in [0.25, 0.3) is 0 Å². The van der Waals surface area contributed by atoms with Gasteiger partial charge < -0.3 is 10.1 Å². The summed E-state index contributed by atoms with van der Waals surface area (Å²) in [5.41, 5.74) is 3.45. The van der Waals surface area contributed by atoms with Gasteiger partial charge in [-0.3, -0.25) is 4.68 Å². The van der Waals surface area contributed by atoms with E-state index in [1.807, 2.05) is 31.6 Å². The zero-order valence-electron chi connectivity index (χ0n) is 13.3.